The van der Waals surface area contributed by atoms with Crippen LogP contribution in [0.4, 0.5) is 4.79 Å². The summed E-state index contributed by atoms with van der Waals surface area (Å²) in [4.78, 5) is 25.0. The van der Waals surface area contributed by atoms with E-state index in [1.54, 1.807) is 24.5 Å². The minimum absolute atomic E-state index is 0.0600. The van der Waals surface area contributed by atoms with E-state index in [2.05, 4.69) is 10.3 Å². The van der Waals surface area contributed by atoms with E-state index < -0.39 is 12.1 Å². The van der Waals surface area contributed by atoms with Gasteiger partial charge in [0, 0.05) is 18.9 Å². The number of rotatable bonds is 5. The topological polar surface area (TPSA) is 88.5 Å². The number of aromatic nitrogens is 1. The van der Waals surface area contributed by atoms with E-state index in [4.69, 9.17) is 9.84 Å². The first-order chi connectivity index (χ1) is 7.68. The van der Waals surface area contributed by atoms with Gasteiger partial charge in [0.05, 0.1) is 6.42 Å². The first-order valence-electron chi connectivity index (χ1n) is 4.70. The van der Waals surface area contributed by atoms with E-state index in [1.165, 1.54) is 0 Å². The summed E-state index contributed by atoms with van der Waals surface area (Å²) < 4.78 is 4.84. The molecule has 0 atom stereocenters. The first-order valence-corrected chi connectivity index (χ1v) is 4.70. The van der Waals surface area contributed by atoms with Gasteiger partial charge < -0.3 is 15.2 Å². The molecule has 0 aliphatic carbocycles. The summed E-state index contributed by atoms with van der Waals surface area (Å²) >= 11 is 0. The molecular formula is C10H12N2O4. The van der Waals surface area contributed by atoms with Crippen LogP contribution in [-0.2, 0) is 16.1 Å². The molecule has 1 amide bonds. The molecule has 2 N–H and O–H groups in total. The number of alkyl carbamates (subject to hydrolysis) is 1. The highest BCUT2D eigenvalue weighted by molar-refractivity contribution is 5.70. The van der Waals surface area contributed by atoms with Gasteiger partial charge in [-0.25, -0.2) is 4.79 Å². The van der Waals surface area contributed by atoms with Crippen LogP contribution >= 0.6 is 0 Å². The number of carbonyl (C=O) groups is 2. The number of ether oxygens (including phenoxy) is 1. The second-order valence-electron chi connectivity index (χ2n) is 3.00. The molecule has 0 aliphatic rings. The SMILES string of the molecule is O=C(O)CCNC(=O)OCc1ccncc1. The fourth-order valence-electron chi connectivity index (χ4n) is 0.950. The van der Waals surface area contributed by atoms with E-state index >= 15 is 0 Å². The van der Waals surface area contributed by atoms with Gasteiger partial charge in [0.15, 0.2) is 0 Å². The Bertz CT molecular complexity index is 353. The molecule has 0 aliphatic heterocycles. The van der Waals surface area contributed by atoms with Crippen LogP contribution in [0.3, 0.4) is 0 Å². The molecule has 0 saturated heterocycles. The molecule has 16 heavy (non-hydrogen) atoms. The molecule has 1 heterocycles. The molecule has 6 heteroatoms. The van der Waals surface area contributed by atoms with Crippen LogP contribution < -0.4 is 5.32 Å². The normalized spacial score (nSPS) is 9.50. The van der Waals surface area contributed by atoms with Gasteiger partial charge in [0.25, 0.3) is 0 Å². The van der Waals surface area contributed by atoms with E-state index in [1.807, 2.05) is 0 Å². The van der Waals surface area contributed by atoms with Crippen LogP contribution in [0.15, 0.2) is 24.5 Å². The number of hydrogen-bond acceptors (Lipinski definition) is 4. The summed E-state index contributed by atoms with van der Waals surface area (Å²) in [5.74, 6) is -0.963. The highest BCUT2D eigenvalue weighted by atomic mass is 16.5. The average molecular weight is 224 g/mol. The Balaban J connectivity index is 2.18. The van der Waals surface area contributed by atoms with Crippen molar-refractivity contribution in [3.8, 4) is 0 Å². The maximum atomic E-state index is 11.1. The van der Waals surface area contributed by atoms with Crippen LogP contribution in [0.1, 0.15) is 12.0 Å². The van der Waals surface area contributed by atoms with Crippen LogP contribution in [0.5, 0.6) is 0 Å². The minimum atomic E-state index is -0.963. The summed E-state index contributed by atoms with van der Waals surface area (Å²) in [6.45, 7) is 0.200. The zero-order chi connectivity index (χ0) is 11.8. The molecule has 6 nitrogen and oxygen atoms in total. The van der Waals surface area contributed by atoms with Gasteiger partial charge in [-0.15, -0.1) is 0 Å². The van der Waals surface area contributed by atoms with Crippen molar-refractivity contribution in [1.82, 2.24) is 10.3 Å². The summed E-state index contributed by atoms with van der Waals surface area (Å²) in [5.41, 5.74) is 0.823. The number of nitrogens with zero attached hydrogens (tertiary/aromatic N) is 1. The molecule has 1 aromatic heterocycles. The molecule has 0 saturated carbocycles. The van der Waals surface area contributed by atoms with Crippen LogP contribution in [0, 0.1) is 0 Å². The Morgan fingerprint density at radius 2 is 2.06 bits per heavy atom. The number of carboxylic acids is 1. The van der Waals surface area contributed by atoms with Crippen LogP contribution in [-0.4, -0.2) is 28.7 Å². The standard InChI is InChI=1S/C10H12N2O4/c13-9(14)3-6-12-10(15)16-7-8-1-4-11-5-2-8/h1-2,4-5H,3,6-7H2,(H,12,15)(H,13,14). The Hall–Kier alpha value is -2.11. The number of hydrogen-bond donors (Lipinski definition) is 2. The van der Waals surface area contributed by atoms with Crippen molar-refractivity contribution in [2.45, 2.75) is 13.0 Å². The van der Waals surface area contributed by atoms with Crippen molar-refractivity contribution >= 4 is 12.1 Å². The average Bonchev–Trinajstić information content (AvgIpc) is 2.27. The molecule has 1 aromatic rings. The minimum Gasteiger partial charge on any atom is -0.481 e. The van der Waals surface area contributed by atoms with E-state index in [-0.39, 0.29) is 19.6 Å². The lowest BCUT2D eigenvalue weighted by molar-refractivity contribution is -0.136. The van der Waals surface area contributed by atoms with Crippen molar-refractivity contribution in [1.29, 1.82) is 0 Å². The smallest absolute Gasteiger partial charge is 0.407 e. The summed E-state index contributed by atoms with van der Waals surface area (Å²) in [5, 5.41) is 10.7. The van der Waals surface area contributed by atoms with Crippen molar-refractivity contribution in [2.24, 2.45) is 0 Å². The van der Waals surface area contributed by atoms with Gasteiger partial charge >= 0.3 is 12.1 Å². The zero-order valence-corrected chi connectivity index (χ0v) is 8.55. The second kappa shape index (κ2) is 6.39. The van der Waals surface area contributed by atoms with Crippen LogP contribution in [0.2, 0.25) is 0 Å². The fourth-order valence-corrected chi connectivity index (χ4v) is 0.950. The zero-order valence-electron chi connectivity index (χ0n) is 8.55. The van der Waals surface area contributed by atoms with Crippen molar-refractivity contribution in [3.05, 3.63) is 30.1 Å². The number of pyridine rings is 1. The Kier molecular flexibility index (Phi) is 4.78. The maximum absolute atomic E-state index is 11.1. The molecule has 0 unspecified atom stereocenters. The van der Waals surface area contributed by atoms with Gasteiger partial charge in [-0.1, -0.05) is 0 Å². The fraction of sp³-hybridized carbons (Fsp3) is 0.300. The lowest BCUT2D eigenvalue weighted by atomic mass is 10.3. The molecule has 1 rings (SSSR count). The van der Waals surface area contributed by atoms with Crippen molar-refractivity contribution in [3.63, 3.8) is 0 Å². The highest BCUT2D eigenvalue weighted by Crippen LogP contribution is 1.98. The Labute approximate surface area is 92.3 Å². The molecule has 0 spiro atoms. The monoisotopic (exact) mass is 224 g/mol. The van der Waals surface area contributed by atoms with Gasteiger partial charge in [0.1, 0.15) is 6.61 Å². The number of aliphatic carboxylic acids is 1. The lowest BCUT2D eigenvalue weighted by Gasteiger charge is -2.05. The van der Waals surface area contributed by atoms with Gasteiger partial charge in [-0.3, -0.25) is 9.78 Å². The van der Waals surface area contributed by atoms with E-state index in [0.29, 0.717) is 0 Å². The molecule has 0 radical (unpaired) electrons. The molecule has 0 aromatic carbocycles. The lowest BCUT2D eigenvalue weighted by Crippen LogP contribution is -2.26. The quantitative estimate of drug-likeness (QED) is 0.771. The van der Waals surface area contributed by atoms with Gasteiger partial charge in [-0.05, 0) is 17.7 Å². The predicted octanol–water partition coefficient (Wildman–Crippen LogP) is 0.782. The first kappa shape index (κ1) is 12.0. The van der Waals surface area contributed by atoms with E-state index in [9.17, 15) is 9.59 Å². The summed E-state index contributed by atoms with van der Waals surface area (Å²) in [6.07, 6.45) is 2.45. The number of nitrogens with one attached hydrogen (secondary N) is 1. The number of carbonyl (C=O) groups excluding carboxylic acids is 1. The molecule has 0 bridgehead atoms. The number of amides is 1. The third kappa shape index (κ3) is 4.94. The Morgan fingerprint density at radius 3 is 2.69 bits per heavy atom. The largest absolute Gasteiger partial charge is 0.481 e. The third-order valence-corrected chi connectivity index (χ3v) is 1.73. The number of carboxylic acid groups (broad SMARTS) is 1. The van der Waals surface area contributed by atoms with E-state index in [0.717, 1.165) is 5.56 Å². The van der Waals surface area contributed by atoms with Crippen molar-refractivity contribution < 1.29 is 19.4 Å². The summed E-state index contributed by atoms with van der Waals surface area (Å²) in [6, 6.07) is 3.45. The third-order valence-electron chi connectivity index (χ3n) is 1.73. The second-order valence-corrected chi connectivity index (χ2v) is 3.00. The maximum Gasteiger partial charge on any atom is 0.407 e. The Morgan fingerprint density at radius 1 is 1.38 bits per heavy atom. The molecule has 0 fully saturated rings. The van der Waals surface area contributed by atoms with Crippen molar-refractivity contribution in [2.75, 3.05) is 6.54 Å². The summed E-state index contributed by atoms with van der Waals surface area (Å²) in [7, 11) is 0. The van der Waals surface area contributed by atoms with Gasteiger partial charge in [0.2, 0.25) is 0 Å². The molecule has 86 valence electrons. The van der Waals surface area contributed by atoms with Gasteiger partial charge in [-0.2, -0.15) is 0 Å². The molecular weight excluding hydrogens is 212 g/mol. The van der Waals surface area contributed by atoms with Crippen LogP contribution in [0.25, 0.3) is 0 Å². The highest BCUT2D eigenvalue weighted by Gasteiger charge is 2.03. The predicted molar refractivity (Wildman–Crippen MR) is 54.7 cm³/mol.